The predicted molar refractivity (Wildman–Crippen MR) is 145 cm³/mol. The molecule has 0 aliphatic heterocycles. The molecule has 0 aliphatic carbocycles. The van der Waals surface area contributed by atoms with Gasteiger partial charge in [0.05, 0.1) is 16.6 Å². The smallest absolute Gasteiger partial charge is 0.149 e. The molecular weight excluding hydrogens is 428 g/mol. The Hall–Kier alpha value is -4.11. The van der Waals surface area contributed by atoms with E-state index in [0.717, 1.165) is 39.1 Å². The van der Waals surface area contributed by atoms with Gasteiger partial charge in [0.2, 0.25) is 0 Å². The summed E-state index contributed by atoms with van der Waals surface area (Å²) in [5.74, 6) is 1.35. The highest BCUT2D eigenvalue weighted by Crippen LogP contribution is 2.37. The summed E-state index contributed by atoms with van der Waals surface area (Å²) in [4.78, 5) is 5.08. The molecule has 0 aliphatic rings. The quantitative estimate of drug-likeness (QED) is 0.265. The first kappa shape index (κ1) is 21.4. The minimum atomic E-state index is 0.451. The van der Waals surface area contributed by atoms with E-state index in [-0.39, 0.29) is 0 Å². The van der Waals surface area contributed by atoms with Crippen molar-refractivity contribution < 1.29 is 4.42 Å². The van der Waals surface area contributed by atoms with E-state index in [1.165, 1.54) is 27.8 Å². The average Bonchev–Trinajstić information content (AvgIpc) is 3.45. The second-order valence-electron chi connectivity index (χ2n) is 9.64. The molecule has 0 amide bonds. The standard InChI is InChI=1S/C32H28N2O/c1-20(2)24-14-15-26-27(19-35-30(26)18-24)32-33-28-12-8-9-13-29(28)34(32)25-16-21(3)31(22(4)17-25)23-10-6-5-7-11-23/h5-20H,1-4H3. The van der Waals surface area contributed by atoms with Crippen molar-refractivity contribution in [3.05, 3.63) is 108 Å². The van der Waals surface area contributed by atoms with Gasteiger partial charge in [-0.3, -0.25) is 4.57 Å². The molecule has 3 heteroatoms. The Morgan fingerprint density at radius 3 is 2.26 bits per heavy atom. The van der Waals surface area contributed by atoms with E-state index >= 15 is 0 Å². The van der Waals surface area contributed by atoms with Crippen LogP contribution in [0.4, 0.5) is 0 Å². The predicted octanol–water partition coefficient (Wildman–Crippen LogP) is 8.85. The van der Waals surface area contributed by atoms with Gasteiger partial charge >= 0.3 is 0 Å². The fourth-order valence-electron chi connectivity index (χ4n) is 5.18. The van der Waals surface area contributed by atoms with E-state index in [4.69, 9.17) is 9.40 Å². The molecule has 0 spiro atoms. The van der Waals surface area contributed by atoms with Crippen LogP contribution in [0.2, 0.25) is 0 Å². The lowest BCUT2D eigenvalue weighted by Crippen LogP contribution is -2.00. The molecule has 0 saturated heterocycles. The second kappa shape index (κ2) is 8.28. The van der Waals surface area contributed by atoms with Crippen LogP contribution in [-0.4, -0.2) is 9.55 Å². The van der Waals surface area contributed by atoms with Gasteiger partial charge in [-0.15, -0.1) is 0 Å². The molecule has 0 bridgehead atoms. The van der Waals surface area contributed by atoms with Crippen molar-refractivity contribution in [2.24, 2.45) is 0 Å². The Morgan fingerprint density at radius 1 is 0.800 bits per heavy atom. The van der Waals surface area contributed by atoms with E-state index in [0.29, 0.717) is 5.92 Å². The zero-order chi connectivity index (χ0) is 24.1. The number of imidazole rings is 1. The first-order valence-electron chi connectivity index (χ1n) is 12.2. The molecule has 2 aromatic heterocycles. The molecule has 35 heavy (non-hydrogen) atoms. The summed E-state index contributed by atoms with van der Waals surface area (Å²) in [6.07, 6.45) is 1.85. The molecule has 4 aromatic carbocycles. The molecule has 0 radical (unpaired) electrons. The number of fused-ring (bicyclic) bond motifs is 2. The maximum atomic E-state index is 6.05. The largest absolute Gasteiger partial charge is 0.464 e. The SMILES string of the molecule is Cc1cc(-n2c(-c3coc4cc(C(C)C)ccc34)nc3ccccc32)cc(C)c1-c1ccccc1. The van der Waals surface area contributed by atoms with Crippen molar-refractivity contribution in [3.8, 4) is 28.2 Å². The van der Waals surface area contributed by atoms with Gasteiger partial charge < -0.3 is 4.42 Å². The van der Waals surface area contributed by atoms with Crippen molar-refractivity contribution in [1.82, 2.24) is 9.55 Å². The highest BCUT2D eigenvalue weighted by atomic mass is 16.3. The molecule has 172 valence electrons. The summed E-state index contributed by atoms with van der Waals surface area (Å²) in [5, 5.41) is 1.08. The zero-order valence-electron chi connectivity index (χ0n) is 20.5. The van der Waals surface area contributed by atoms with Gasteiger partial charge in [-0.25, -0.2) is 4.98 Å². The third kappa shape index (κ3) is 3.55. The van der Waals surface area contributed by atoms with Crippen LogP contribution >= 0.6 is 0 Å². The number of para-hydroxylation sites is 2. The minimum Gasteiger partial charge on any atom is -0.464 e. The van der Waals surface area contributed by atoms with Crippen LogP contribution in [0.15, 0.2) is 95.6 Å². The Bertz CT molecular complexity index is 1660. The normalized spacial score (nSPS) is 11.7. The van der Waals surface area contributed by atoms with E-state index in [2.05, 4.69) is 111 Å². The summed E-state index contributed by atoms with van der Waals surface area (Å²) >= 11 is 0. The Morgan fingerprint density at radius 2 is 1.51 bits per heavy atom. The molecular formula is C32H28N2O. The van der Waals surface area contributed by atoms with Gasteiger partial charge in [0.15, 0.2) is 0 Å². The van der Waals surface area contributed by atoms with Crippen molar-refractivity contribution >= 4 is 22.0 Å². The van der Waals surface area contributed by atoms with Crippen molar-refractivity contribution in [1.29, 1.82) is 0 Å². The third-order valence-corrected chi connectivity index (χ3v) is 6.91. The summed E-state index contributed by atoms with van der Waals surface area (Å²) in [5.41, 5.74) is 11.4. The Balaban J connectivity index is 1.59. The maximum Gasteiger partial charge on any atom is 0.149 e. The lowest BCUT2D eigenvalue weighted by Gasteiger charge is -2.16. The fraction of sp³-hybridized carbons (Fsp3) is 0.156. The van der Waals surface area contributed by atoms with Crippen LogP contribution in [0.3, 0.4) is 0 Å². The van der Waals surface area contributed by atoms with Gasteiger partial charge in [0.1, 0.15) is 17.7 Å². The third-order valence-electron chi connectivity index (χ3n) is 6.91. The maximum absolute atomic E-state index is 6.05. The molecule has 6 rings (SSSR count). The summed E-state index contributed by atoms with van der Waals surface area (Å²) in [7, 11) is 0. The van der Waals surface area contributed by atoms with E-state index < -0.39 is 0 Å². The van der Waals surface area contributed by atoms with Crippen molar-refractivity contribution in [2.45, 2.75) is 33.6 Å². The first-order valence-corrected chi connectivity index (χ1v) is 12.2. The molecule has 0 N–H and O–H groups in total. The highest BCUT2D eigenvalue weighted by Gasteiger charge is 2.20. The number of furan rings is 1. The van der Waals surface area contributed by atoms with E-state index in [1.807, 2.05) is 12.3 Å². The van der Waals surface area contributed by atoms with Gasteiger partial charge in [0.25, 0.3) is 0 Å². The summed E-state index contributed by atoms with van der Waals surface area (Å²) in [6, 6.07) is 30.0. The molecule has 0 unspecified atom stereocenters. The number of aryl methyl sites for hydroxylation is 2. The number of hydrogen-bond donors (Lipinski definition) is 0. The first-order chi connectivity index (χ1) is 17.0. The molecule has 2 heterocycles. The number of rotatable bonds is 4. The average molecular weight is 457 g/mol. The van der Waals surface area contributed by atoms with Crippen LogP contribution < -0.4 is 0 Å². The second-order valence-corrected chi connectivity index (χ2v) is 9.64. The van der Waals surface area contributed by atoms with Crippen molar-refractivity contribution in [3.63, 3.8) is 0 Å². The Labute approximate surface area is 205 Å². The zero-order valence-corrected chi connectivity index (χ0v) is 20.5. The lowest BCUT2D eigenvalue weighted by molar-refractivity contribution is 0.615. The topological polar surface area (TPSA) is 31.0 Å². The van der Waals surface area contributed by atoms with Crippen LogP contribution in [-0.2, 0) is 0 Å². The van der Waals surface area contributed by atoms with E-state index in [1.54, 1.807) is 0 Å². The number of nitrogens with zero attached hydrogens (tertiary/aromatic N) is 2. The monoisotopic (exact) mass is 456 g/mol. The molecule has 6 aromatic rings. The summed E-state index contributed by atoms with van der Waals surface area (Å²) in [6.45, 7) is 8.79. The molecule has 0 fully saturated rings. The number of aromatic nitrogens is 2. The van der Waals surface area contributed by atoms with Gasteiger partial charge in [-0.1, -0.05) is 68.4 Å². The fourth-order valence-corrected chi connectivity index (χ4v) is 5.18. The van der Waals surface area contributed by atoms with Crippen LogP contribution in [0.25, 0.3) is 50.2 Å². The Kier molecular flexibility index (Phi) is 5.07. The van der Waals surface area contributed by atoms with Gasteiger partial charge in [0, 0.05) is 11.1 Å². The van der Waals surface area contributed by atoms with E-state index in [9.17, 15) is 0 Å². The number of benzene rings is 4. The number of hydrogen-bond acceptors (Lipinski definition) is 2. The van der Waals surface area contributed by atoms with Crippen LogP contribution in [0, 0.1) is 13.8 Å². The molecule has 0 saturated carbocycles. The molecule has 0 atom stereocenters. The van der Waals surface area contributed by atoms with Crippen LogP contribution in [0.1, 0.15) is 36.5 Å². The molecule has 3 nitrogen and oxygen atoms in total. The highest BCUT2D eigenvalue weighted by molar-refractivity contribution is 5.95. The minimum absolute atomic E-state index is 0.451. The lowest BCUT2D eigenvalue weighted by atomic mass is 9.95. The van der Waals surface area contributed by atoms with Crippen molar-refractivity contribution in [2.75, 3.05) is 0 Å². The summed E-state index contributed by atoms with van der Waals surface area (Å²) < 4.78 is 8.32. The van der Waals surface area contributed by atoms with Gasteiger partial charge in [-0.2, -0.15) is 0 Å². The van der Waals surface area contributed by atoms with Crippen LogP contribution in [0.5, 0.6) is 0 Å². The van der Waals surface area contributed by atoms with Gasteiger partial charge in [-0.05, 0) is 77.9 Å².